The van der Waals surface area contributed by atoms with Crippen molar-refractivity contribution in [2.75, 3.05) is 26.3 Å². The van der Waals surface area contributed by atoms with Crippen molar-refractivity contribution < 1.29 is 19.4 Å². The van der Waals surface area contributed by atoms with Gasteiger partial charge in [-0.3, -0.25) is 14.3 Å². The normalized spacial score (nSPS) is 15.5. The molecule has 1 aromatic rings. The highest BCUT2D eigenvalue weighted by Crippen LogP contribution is 2.06. The number of carboxylic acid groups (broad SMARTS) is 1. The van der Waals surface area contributed by atoms with Crippen molar-refractivity contribution in [1.82, 2.24) is 14.7 Å². The first-order valence-corrected chi connectivity index (χ1v) is 6.29. The summed E-state index contributed by atoms with van der Waals surface area (Å²) in [7, 11) is 0. The molecule has 0 bridgehead atoms. The number of carbonyl (C=O) groups excluding carboxylic acids is 1. The van der Waals surface area contributed by atoms with Crippen LogP contribution < -0.4 is 0 Å². The minimum Gasteiger partial charge on any atom is -0.481 e. The van der Waals surface area contributed by atoms with Crippen LogP contribution in [0.15, 0.2) is 12.3 Å². The molecule has 2 rings (SSSR count). The number of nitrogens with zero attached hydrogens (tertiary/aromatic N) is 3. The first-order valence-electron chi connectivity index (χ1n) is 6.29. The van der Waals surface area contributed by atoms with Gasteiger partial charge in [-0.05, 0) is 12.5 Å². The lowest BCUT2D eigenvalue weighted by atomic mass is 10.3. The first-order chi connectivity index (χ1) is 9.16. The van der Waals surface area contributed by atoms with Crippen LogP contribution in [-0.4, -0.2) is 58.0 Å². The van der Waals surface area contributed by atoms with Crippen LogP contribution in [-0.2, 0) is 16.1 Å². The summed E-state index contributed by atoms with van der Waals surface area (Å²) in [5.41, 5.74) is 0.400. The fourth-order valence-corrected chi connectivity index (χ4v) is 1.92. The van der Waals surface area contributed by atoms with Crippen molar-refractivity contribution in [3.63, 3.8) is 0 Å². The molecule has 2 heterocycles. The van der Waals surface area contributed by atoms with E-state index in [0.29, 0.717) is 45.0 Å². The average Bonchev–Trinajstić information content (AvgIpc) is 2.87. The Morgan fingerprint density at radius 1 is 1.37 bits per heavy atom. The Hall–Kier alpha value is -1.89. The third kappa shape index (κ3) is 3.78. The summed E-state index contributed by atoms with van der Waals surface area (Å²) >= 11 is 0. The van der Waals surface area contributed by atoms with Gasteiger partial charge in [-0.1, -0.05) is 0 Å². The monoisotopic (exact) mass is 267 g/mol. The van der Waals surface area contributed by atoms with Crippen molar-refractivity contribution in [2.24, 2.45) is 0 Å². The van der Waals surface area contributed by atoms with E-state index < -0.39 is 5.97 Å². The number of aryl methyl sites for hydroxylation is 1. The molecule has 1 aromatic heterocycles. The van der Waals surface area contributed by atoms with Crippen molar-refractivity contribution in [3.05, 3.63) is 18.0 Å². The summed E-state index contributed by atoms with van der Waals surface area (Å²) in [5, 5.41) is 12.7. The zero-order chi connectivity index (χ0) is 13.7. The predicted octanol–water partition coefficient (Wildman–Crippen LogP) is 0.220. The lowest BCUT2D eigenvalue weighted by Gasteiger charge is -2.25. The molecule has 7 nitrogen and oxygen atoms in total. The Morgan fingerprint density at radius 3 is 2.79 bits per heavy atom. The van der Waals surface area contributed by atoms with Gasteiger partial charge in [0.1, 0.15) is 5.69 Å². The van der Waals surface area contributed by atoms with Crippen molar-refractivity contribution >= 4 is 11.9 Å². The molecule has 19 heavy (non-hydrogen) atoms. The smallest absolute Gasteiger partial charge is 0.303 e. The molecule has 0 radical (unpaired) electrons. The minimum atomic E-state index is -0.822. The lowest BCUT2D eigenvalue weighted by molar-refractivity contribution is -0.137. The highest BCUT2D eigenvalue weighted by molar-refractivity contribution is 5.92. The predicted molar refractivity (Wildman–Crippen MR) is 65.8 cm³/mol. The summed E-state index contributed by atoms with van der Waals surface area (Å²) in [6, 6.07) is 1.67. The molecule has 1 aliphatic rings. The van der Waals surface area contributed by atoms with Crippen molar-refractivity contribution in [3.8, 4) is 0 Å². The number of aliphatic carboxylic acids is 1. The largest absolute Gasteiger partial charge is 0.481 e. The third-order valence-corrected chi connectivity index (χ3v) is 2.94. The van der Waals surface area contributed by atoms with E-state index in [2.05, 4.69) is 5.10 Å². The number of amides is 1. The Kier molecular flexibility index (Phi) is 4.51. The van der Waals surface area contributed by atoms with Crippen molar-refractivity contribution in [1.29, 1.82) is 0 Å². The summed E-state index contributed by atoms with van der Waals surface area (Å²) < 4.78 is 6.80. The average molecular weight is 267 g/mol. The van der Waals surface area contributed by atoms with E-state index in [9.17, 15) is 9.59 Å². The zero-order valence-electron chi connectivity index (χ0n) is 10.6. The van der Waals surface area contributed by atoms with Crippen LogP contribution in [0.1, 0.15) is 23.3 Å². The Bertz CT molecular complexity index is 452. The topological polar surface area (TPSA) is 84.7 Å². The van der Waals surface area contributed by atoms with E-state index in [1.165, 1.54) is 0 Å². The maximum absolute atomic E-state index is 12.1. The number of hydrogen-bond acceptors (Lipinski definition) is 4. The maximum atomic E-state index is 12.1. The van der Waals surface area contributed by atoms with Crippen LogP contribution in [0.5, 0.6) is 0 Å². The van der Waals surface area contributed by atoms with Gasteiger partial charge in [-0.15, -0.1) is 0 Å². The molecular formula is C12H17N3O4. The summed E-state index contributed by atoms with van der Waals surface area (Å²) in [6.45, 7) is 2.80. The second-order valence-electron chi connectivity index (χ2n) is 4.37. The first kappa shape index (κ1) is 13.5. The Balaban J connectivity index is 1.88. The van der Waals surface area contributed by atoms with Gasteiger partial charge in [0.2, 0.25) is 0 Å². The molecule has 0 aliphatic carbocycles. The molecule has 7 heteroatoms. The van der Waals surface area contributed by atoms with Crippen LogP contribution in [0.2, 0.25) is 0 Å². The van der Waals surface area contributed by atoms with Gasteiger partial charge in [-0.2, -0.15) is 5.10 Å². The van der Waals surface area contributed by atoms with Crippen LogP contribution in [0.25, 0.3) is 0 Å². The summed E-state index contributed by atoms with van der Waals surface area (Å²) in [5.74, 6) is -0.919. The van der Waals surface area contributed by atoms with Crippen LogP contribution >= 0.6 is 0 Å². The van der Waals surface area contributed by atoms with Gasteiger partial charge in [0.25, 0.3) is 5.91 Å². The van der Waals surface area contributed by atoms with Gasteiger partial charge in [-0.25, -0.2) is 0 Å². The summed E-state index contributed by atoms with van der Waals surface area (Å²) in [6.07, 6.45) is 2.31. The molecule has 0 saturated carbocycles. The van der Waals surface area contributed by atoms with E-state index in [-0.39, 0.29) is 12.3 Å². The fourth-order valence-electron chi connectivity index (χ4n) is 1.92. The molecule has 1 amide bonds. The van der Waals surface area contributed by atoms with Gasteiger partial charge in [0.05, 0.1) is 13.2 Å². The van der Waals surface area contributed by atoms with Gasteiger partial charge >= 0.3 is 5.97 Å². The molecular weight excluding hydrogens is 250 g/mol. The second kappa shape index (κ2) is 6.33. The Morgan fingerprint density at radius 2 is 2.11 bits per heavy atom. The van der Waals surface area contributed by atoms with E-state index in [1.807, 2.05) is 0 Å². The van der Waals surface area contributed by atoms with Gasteiger partial charge in [0.15, 0.2) is 0 Å². The van der Waals surface area contributed by atoms with E-state index >= 15 is 0 Å². The van der Waals surface area contributed by atoms with E-state index in [4.69, 9.17) is 9.84 Å². The standard InChI is InChI=1S/C12H17N3O4/c16-11(17)2-1-4-15-5-3-10(13-15)12(18)14-6-8-19-9-7-14/h3,5H,1-2,4,6-9H2,(H,16,17). The number of aromatic nitrogens is 2. The zero-order valence-corrected chi connectivity index (χ0v) is 10.6. The molecule has 0 spiro atoms. The molecule has 0 aromatic carbocycles. The Labute approximate surface area is 110 Å². The highest BCUT2D eigenvalue weighted by Gasteiger charge is 2.20. The highest BCUT2D eigenvalue weighted by atomic mass is 16.5. The molecule has 1 N–H and O–H groups in total. The number of carbonyl (C=O) groups is 2. The molecule has 104 valence electrons. The lowest BCUT2D eigenvalue weighted by Crippen LogP contribution is -2.40. The quantitative estimate of drug-likeness (QED) is 0.825. The molecule has 1 aliphatic heterocycles. The number of ether oxygens (including phenoxy) is 1. The molecule has 0 unspecified atom stereocenters. The van der Waals surface area contributed by atoms with Gasteiger partial charge in [0, 0.05) is 32.3 Å². The second-order valence-corrected chi connectivity index (χ2v) is 4.37. The van der Waals surface area contributed by atoms with Gasteiger partial charge < -0.3 is 14.7 Å². The summed E-state index contributed by atoms with van der Waals surface area (Å²) in [4.78, 5) is 24.2. The maximum Gasteiger partial charge on any atom is 0.303 e. The molecule has 1 fully saturated rings. The van der Waals surface area contributed by atoms with Crippen LogP contribution in [0.4, 0.5) is 0 Å². The minimum absolute atomic E-state index is 0.0970. The van der Waals surface area contributed by atoms with Crippen molar-refractivity contribution in [2.45, 2.75) is 19.4 Å². The molecule has 1 saturated heterocycles. The third-order valence-electron chi connectivity index (χ3n) is 2.94. The van der Waals surface area contributed by atoms with E-state index in [1.54, 1.807) is 21.8 Å². The van der Waals surface area contributed by atoms with E-state index in [0.717, 1.165) is 0 Å². The number of carboxylic acids is 1. The number of rotatable bonds is 5. The SMILES string of the molecule is O=C(O)CCCn1ccc(C(=O)N2CCOCC2)n1. The van der Waals surface area contributed by atoms with Crippen LogP contribution in [0.3, 0.4) is 0 Å². The number of hydrogen-bond donors (Lipinski definition) is 1. The number of morpholine rings is 1. The van der Waals surface area contributed by atoms with Crippen LogP contribution in [0, 0.1) is 0 Å². The molecule has 0 atom stereocenters. The fraction of sp³-hybridized carbons (Fsp3) is 0.583.